The van der Waals surface area contributed by atoms with Gasteiger partial charge < -0.3 is 14.8 Å². The lowest BCUT2D eigenvalue weighted by atomic mass is 9.83. The third-order valence-corrected chi connectivity index (χ3v) is 10.4. The molecule has 0 aliphatic carbocycles. The van der Waals surface area contributed by atoms with Crippen LogP contribution in [0.1, 0.15) is 16.4 Å². The second-order valence-electron chi connectivity index (χ2n) is 9.82. The van der Waals surface area contributed by atoms with E-state index in [-0.39, 0.29) is 17.3 Å². The average molecular weight is 657 g/mol. The second kappa shape index (κ2) is 11.7. The molecule has 1 aromatic heterocycles. The molecule has 1 saturated heterocycles. The fourth-order valence-electron chi connectivity index (χ4n) is 5.38. The molecule has 4 aromatic rings. The molecule has 3 heterocycles. The highest BCUT2D eigenvalue weighted by Crippen LogP contribution is 2.54. The number of benzene rings is 3. The summed E-state index contributed by atoms with van der Waals surface area (Å²) in [5.74, 6) is -1.75. The van der Waals surface area contributed by atoms with E-state index in [1.165, 1.54) is 23.7 Å². The number of halogens is 2. The van der Waals surface area contributed by atoms with E-state index in [1.54, 1.807) is 66.7 Å². The standard InChI is InChI=1S/C30H23Cl2N3O6S2/c1-40-20-12-3-15(13-21(20)41-2)23-24-25(28(38)35(27(24)37)19-10-6-17(32)7-11-19)42-29-26(23)43-30(39)34(29)14-22(36)33-18-8-4-16(31)5-9-18/h3-13,23-25H,14H2,1-2H3,(H,33,36). The molecule has 1 N–H and O–H groups in total. The summed E-state index contributed by atoms with van der Waals surface area (Å²) >= 11 is 14.1. The van der Waals surface area contributed by atoms with Crippen LogP contribution < -0.4 is 24.6 Å². The maximum atomic E-state index is 14.1. The molecule has 220 valence electrons. The van der Waals surface area contributed by atoms with Crippen LogP contribution in [0, 0.1) is 5.92 Å². The van der Waals surface area contributed by atoms with Gasteiger partial charge in [0.05, 0.1) is 30.9 Å². The van der Waals surface area contributed by atoms with Gasteiger partial charge in [-0.3, -0.25) is 23.7 Å². The Labute approximate surface area is 264 Å². The first kappa shape index (κ1) is 29.3. The van der Waals surface area contributed by atoms with Gasteiger partial charge in [-0.05, 0) is 66.2 Å². The molecule has 13 heteroatoms. The third-order valence-electron chi connectivity index (χ3n) is 7.33. The normalized spacial score (nSPS) is 19.2. The Balaban J connectivity index is 1.43. The summed E-state index contributed by atoms with van der Waals surface area (Å²) in [7, 11) is 3.03. The van der Waals surface area contributed by atoms with Gasteiger partial charge in [0.25, 0.3) is 0 Å². The number of fused-ring (bicyclic) bond motifs is 2. The van der Waals surface area contributed by atoms with Gasteiger partial charge in [-0.25, -0.2) is 4.90 Å². The van der Waals surface area contributed by atoms with Crippen LogP contribution in [0.2, 0.25) is 10.0 Å². The van der Waals surface area contributed by atoms with Crippen molar-refractivity contribution in [1.29, 1.82) is 0 Å². The van der Waals surface area contributed by atoms with E-state index < -0.39 is 28.9 Å². The van der Waals surface area contributed by atoms with Crippen LogP contribution in [0.3, 0.4) is 0 Å². The van der Waals surface area contributed by atoms with Gasteiger partial charge in [-0.2, -0.15) is 0 Å². The topological polar surface area (TPSA) is 107 Å². The quantitative estimate of drug-likeness (QED) is 0.256. The third kappa shape index (κ3) is 5.31. The van der Waals surface area contributed by atoms with Crippen LogP contribution in [-0.2, 0) is 20.9 Å². The molecule has 43 heavy (non-hydrogen) atoms. The molecule has 3 aromatic carbocycles. The molecule has 9 nitrogen and oxygen atoms in total. The highest BCUT2D eigenvalue weighted by Gasteiger charge is 2.57. The lowest BCUT2D eigenvalue weighted by Gasteiger charge is -2.31. The monoisotopic (exact) mass is 655 g/mol. The number of hydrogen-bond acceptors (Lipinski definition) is 8. The summed E-state index contributed by atoms with van der Waals surface area (Å²) in [6.45, 7) is -0.278. The van der Waals surface area contributed by atoms with Crippen molar-refractivity contribution in [3.8, 4) is 11.5 Å². The van der Waals surface area contributed by atoms with Gasteiger partial charge in [0, 0.05) is 26.5 Å². The van der Waals surface area contributed by atoms with Crippen molar-refractivity contribution in [2.24, 2.45) is 5.92 Å². The maximum Gasteiger partial charge on any atom is 0.308 e. The fourth-order valence-corrected chi connectivity index (χ4v) is 8.41. The molecule has 3 amide bonds. The van der Waals surface area contributed by atoms with Crippen LogP contribution in [-0.4, -0.2) is 41.8 Å². The summed E-state index contributed by atoms with van der Waals surface area (Å²) < 4.78 is 12.3. The largest absolute Gasteiger partial charge is 0.493 e. The summed E-state index contributed by atoms with van der Waals surface area (Å²) in [6, 6.07) is 18.4. The van der Waals surface area contributed by atoms with Crippen LogP contribution in [0.25, 0.3) is 0 Å². The minimum atomic E-state index is -0.839. The maximum absolute atomic E-state index is 14.1. The highest BCUT2D eigenvalue weighted by atomic mass is 35.5. The van der Waals surface area contributed by atoms with Crippen LogP contribution in [0.5, 0.6) is 11.5 Å². The van der Waals surface area contributed by atoms with Crippen molar-refractivity contribution >= 4 is 75.4 Å². The number of carbonyl (C=O) groups is 3. The zero-order chi connectivity index (χ0) is 30.4. The minimum absolute atomic E-state index is 0.278. The second-order valence-corrected chi connectivity index (χ2v) is 12.8. The summed E-state index contributed by atoms with van der Waals surface area (Å²) in [6.07, 6.45) is 0. The predicted molar refractivity (Wildman–Crippen MR) is 167 cm³/mol. The fraction of sp³-hybridized carbons (Fsp3) is 0.200. The Morgan fingerprint density at radius 1 is 0.884 bits per heavy atom. The number of rotatable bonds is 7. The SMILES string of the molecule is COc1ccc(C2c3sc(=O)n(CC(=O)Nc4ccc(Cl)cc4)c3SC3C(=O)N(c4ccc(Cl)cc4)C(=O)C32)cc1OC. The zero-order valence-corrected chi connectivity index (χ0v) is 25.9. The van der Waals surface area contributed by atoms with Crippen molar-refractivity contribution in [3.05, 3.63) is 96.9 Å². The lowest BCUT2D eigenvalue weighted by Crippen LogP contribution is -2.33. The number of methoxy groups -OCH3 is 2. The Hall–Kier alpha value is -3.77. The van der Waals surface area contributed by atoms with Crippen molar-refractivity contribution in [3.63, 3.8) is 0 Å². The van der Waals surface area contributed by atoms with Crippen LogP contribution >= 0.6 is 46.3 Å². The van der Waals surface area contributed by atoms with Crippen molar-refractivity contribution < 1.29 is 23.9 Å². The molecule has 3 unspecified atom stereocenters. The number of nitrogens with one attached hydrogen (secondary N) is 1. The van der Waals surface area contributed by atoms with E-state index in [4.69, 9.17) is 32.7 Å². The van der Waals surface area contributed by atoms with Crippen molar-refractivity contribution in [2.75, 3.05) is 24.4 Å². The van der Waals surface area contributed by atoms with E-state index in [0.29, 0.717) is 48.4 Å². The molecule has 0 radical (unpaired) electrons. The molecule has 6 rings (SSSR count). The number of thiazole rings is 1. The molecule has 0 saturated carbocycles. The van der Waals surface area contributed by atoms with Gasteiger partial charge in [0.2, 0.25) is 17.7 Å². The molecule has 2 aliphatic heterocycles. The lowest BCUT2D eigenvalue weighted by molar-refractivity contribution is -0.122. The van der Waals surface area contributed by atoms with E-state index in [2.05, 4.69) is 5.32 Å². The Kier molecular flexibility index (Phi) is 7.99. The minimum Gasteiger partial charge on any atom is -0.493 e. The Morgan fingerprint density at radius 2 is 1.53 bits per heavy atom. The first-order chi connectivity index (χ1) is 20.7. The van der Waals surface area contributed by atoms with Crippen molar-refractivity contribution in [2.45, 2.75) is 22.7 Å². The number of amides is 3. The number of ether oxygens (including phenoxy) is 2. The predicted octanol–water partition coefficient (Wildman–Crippen LogP) is 5.67. The van der Waals surface area contributed by atoms with E-state index in [0.717, 1.165) is 23.1 Å². The van der Waals surface area contributed by atoms with Gasteiger partial charge in [-0.15, -0.1) is 0 Å². The van der Waals surface area contributed by atoms with Gasteiger partial charge in [0.15, 0.2) is 11.5 Å². The van der Waals surface area contributed by atoms with Crippen molar-refractivity contribution in [1.82, 2.24) is 4.57 Å². The zero-order valence-electron chi connectivity index (χ0n) is 22.7. The first-order valence-corrected chi connectivity index (χ1v) is 15.5. The molecule has 0 spiro atoms. The molecule has 2 aliphatic rings. The molecule has 1 fully saturated rings. The van der Waals surface area contributed by atoms with E-state index in [1.807, 2.05) is 0 Å². The smallest absolute Gasteiger partial charge is 0.308 e. The molecular formula is C30H23Cl2N3O6S2. The highest BCUT2D eigenvalue weighted by molar-refractivity contribution is 8.00. The molecule has 0 bridgehead atoms. The number of carbonyl (C=O) groups excluding carboxylic acids is 3. The van der Waals surface area contributed by atoms with Gasteiger partial charge >= 0.3 is 4.87 Å². The van der Waals surface area contributed by atoms with Gasteiger partial charge in [-0.1, -0.05) is 52.4 Å². The average Bonchev–Trinajstić information content (AvgIpc) is 3.44. The number of nitrogens with zero attached hydrogens (tertiary/aromatic N) is 2. The first-order valence-electron chi connectivity index (χ1n) is 13.0. The Bertz CT molecular complexity index is 1810. The number of hydrogen-bond donors (Lipinski definition) is 1. The van der Waals surface area contributed by atoms with E-state index in [9.17, 15) is 19.2 Å². The van der Waals surface area contributed by atoms with Crippen LogP contribution in [0.4, 0.5) is 11.4 Å². The number of aromatic nitrogens is 1. The Morgan fingerprint density at radius 3 is 2.19 bits per heavy atom. The number of thioether (sulfide) groups is 1. The van der Waals surface area contributed by atoms with E-state index >= 15 is 0 Å². The van der Waals surface area contributed by atoms with Crippen LogP contribution in [0.15, 0.2) is 76.6 Å². The molecular weight excluding hydrogens is 633 g/mol. The molecule has 3 atom stereocenters. The number of anilines is 2. The summed E-state index contributed by atoms with van der Waals surface area (Å²) in [5, 5.41) is 3.41. The summed E-state index contributed by atoms with van der Waals surface area (Å²) in [5.41, 5.74) is 1.61. The van der Waals surface area contributed by atoms with Gasteiger partial charge in [0.1, 0.15) is 11.8 Å². The number of imide groups is 1. The summed E-state index contributed by atoms with van der Waals surface area (Å²) in [4.78, 5) is 55.8.